The van der Waals surface area contributed by atoms with Crippen LogP contribution in [0.5, 0.6) is 0 Å². The molecule has 2 heteroatoms. The summed E-state index contributed by atoms with van der Waals surface area (Å²) < 4.78 is 0. The lowest BCUT2D eigenvalue weighted by Crippen LogP contribution is -2.25. The van der Waals surface area contributed by atoms with Gasteiger partial charge >= 0.3 is 5.97 Å². The van der Waals surface area contributed by atoms with Gasteiger partial charge < -0.3 is 5.11 Å². The van der Waals surface area contributed by atoms with Gasteiger partial charge in [-0.2, -0.15) is 0 Å². The molecule has 0 saturated heterocycles. The van der Waals surface area contributed by atoms with Crippen molar-refractivity contribution in [1.82, 2.24) is 0 Å². The van der Waals surface area contributed by atoms with Crippen molar-refractivity contribution in [1.29, 1.82) is 0 Å². The van der Waals surface area contributed by atoms with Gasteiger partial charge in [0.05, 0.1) is 5.41 Å². The fraction of sp³-hybridized carbons (Fsp3) is 0.667. The number of allylic oxidation sites excluding steroid dienone is 1. The lowest BCUT2D eigenvalue weighted by molar-refractivity contribution is -0.145. The monoisotopic (exact) mass is 154 g/mol. The lowest BCUT2D eigenvalue weighted by atomic mass is 9.84. The Kier molecular flexibility index (Phi) is 1.78. The Morgan fingerprint density at radius 1 is 1.55 bits per heavy atom. The predicted octanol–water partition coefficient (Wildman–Crippen LogP) is 2.21. The Labute approximate surface area is 66.9 Å². The van der Waals surface area contributed by atoms with Crippen molar-refractivity contribution >= 4 is 5.97 Å². The van der Waals surface area contributed by atoms with E-state index >= 15 is 0 Å². The molecule has 1 unspecified atom stereocenters. The highest BCUT2D eigenvalue weighted by Gasteiger charge is 2.39. The summed E-state index contributed by atoms with van der Waals surface area (Å²) in [4.78, 5) is 10.8. The summed E-state index contributed by atoms with van der Waals surface area (Å²) in [6, 6.07) is 0. The minimum Gasteiger partial charge on any atom is -0.481 e. The maximum absolute atomic E-state index is 10.8. The molecule has 0 aromatic carbocycles. The molecule has 0 aliphatic heterocycles. The fourth-order valence-electron chi connectivity index (χ4n) is 1.55. The number of carbonyl (C=O) groups is 1. The molecule has 2 nitrogen and oxygen atoms in total. The van der Waals surface area contributed by atoms with Gasteiger partial charge in [0, 0.05) is 0 Å². The highest BCUT2D eigenvalue weighted by molar-refractivity contribution is 5.79. The molecule has 0 radical (unpaired) electrons. The second-order valence-electron chi connectivity index (χ2n) is 3.54. The van der Waals surface area contributed by atoms with Gasteiger partial charge in [-0.1, -0.05) is 11.1 Å². The number of hydrogen-bond donors (Lipinski definition) is 1. The zero-order valence-electron chi connectivity index (χ0n) is 7.27. The zero-order chi connectivity index (χ0) is 8.65. The second-order valence-corrected chi connectivity index (χ2v) is 3.54. The minimum absolute atomic E-state index is 0.579. The molecule has 0 aromatic rings. The van der Waals surface area contributed by atoms with E-state index in [1.807, 2.05) is 13.8 Å². The Morgan fingerprint density at radius 3 is 2.27 bits per heavy atom. The third-order valence-corrected chi connectivity index (χ3v) is 2.94. The highest BCUT2D eigenvalue weighted by atomic mass is 16.4. The summed E-state index contributed by atoms with van der Waals surface area (Å²) in [7, 11) is 0. The van der Waals surface area contributed by atoms with Gasteiger partial charge in [-0.05, 0) is 33.6 Å². The third kappa shape index (κ3) is 1.06. The van der Waals surface area contributed by atoms with Crippen molar-refractivity contribution in [3.63, 3.8) is 0 Å². The molecule has 0 spiro atoms. The number of carboxylic acids is 1. The molecule has 0 bridgehead atoms. The van der Waals surface area contributed by atoms with E-state index in [2.05, 4.69) is 0 Å². The first-order valence-corrected chi connectivity index (χ1v) is 3.88. The van der Waals surface area contributed by atoms with Crippen molar-refractivity contribution in [3.05, 3.63) is 11.1 Å². The summed E-state index contributed by atoms with van der Waals surface area (Å²) in [5.74, 6) is -0.688. The van der Waals surface area contributed by atoms with Crippen molar-refractivity contribution in [2.45, 2.75) is 33.6 Å². The molecule has 0 fully saturated rings. The molecule has 1 atom stereocenters. The van der Waals surface area contributed by atoms with E-state index in [4.69, 9.17) is 5.11 Å². The van der Waals surface area contributed by atoms with Gasteiger partial charge in [-0.15, -0.1) is 0 Å². The molecule has 0 heterocycles. The summed E-state index contributed by atoms with van der Waals surface area (Å²) in [5.41, 5.74) is 1.71. The van der Waals surface area contributed by atoms with Crippen LogP contribution in [0.2, 0.25) is 0 Å². The third-order valence-electron chi connectivity index (χ3n) is 2.94. The summed E-state index contributed by atoms with van der Waals surface area (Å²) in [5, 5.41) is 8.93. The van der Waals surface area contributed by atoms with E-state index in [0.717, 1.165) is 18.4 Å². The molecular weight excluding hydrogens is 140 g/mol. The number of carboxylic acid groups (broad SMARTS) is 1. The number of aliphatic carboxylic acids is 1. The van der Waals surface area contributed by atoms with Gasteiger partial charge in [0.15, 0.2) is 0 Å². The minimum atomic E-state index is -0.688. The largest absolute Gasteiger partial charge is 0.481 e. The Morgan fingerprint density at radius 2 is 2.09 bits per heavy atom. The SMILES string of the molecule is CC1=C(C)C(C)(C(=O)O)CC1. The first kappa shape index (κ1) is 8.31. The number of hydrogen-bond acceptors (Lipinski definition) is 1. The molecule has 1 aliphatic carbocycles. The highest BCUT2D eigenvalue weighted by Crippen LogP contribution is 2.42. The second kappa shape index (κ2) is 2.36. The maximum Gasteiger partial charge on any atom is 0.313 e. The molecular formula is C9H14O2. The molecule has 0 amide bonds. The van der Waals surface area contributed by atoms with Crippen molar-refractivity contribution in [3.8, 4) is 0 Å². The van der Waals surface area contributed by atoms with Crippen LogP contribution in [0, 0.1) is 5.41 Å². The lowest BCUT2D eigenvalue weighted by Gasteiger charge is -2.19. The summed E-state index contributed by atoms with van der Waals surface area (Å²) in [6.45, 7) is 5.75. The topological polar surface area (TPSA) is 37.3 Å². The fourth-order valence-corrected chi connectivity index (χ4v) is 1.55. The van der Waals surface area contributed by atoms with Gasteiger partial charge in [0.2, 0.25) is 0 Å². The summed E-state index contributed by atoms with van der Waals surface area (Å²) in [6.07, 6.45) is 1.70. The average molecular weight is 154 g/mol. The first-order chi connectivity index (χ1) is 4.98. The number of rotatable bonds is 1. The van der Waals surface area contributed by atoms with Crippen LogP contribution >= 0.6 is 0 Å². The Bertz CT molecular complexity index is 228. The van der Waals surface area contributed by atoms with Crippen LogP contribution < -0.4 is 0 Å². The van der Waals surface area contributed by atoms with Gasteiger partial charge in [0.25, 0.3) is 0 Å². The molecule has 62 valence electrons. The van der Waals surface area contributed by atoms with Crippen molar-refractivity contribution in [2.24, 2.45) is 5.41 Å². The van der Waals surface area contributed by atoms with E-state index in [0.29, 0.717) is 0 Å². The van der Waals surface area contributed by atoms with E-state index in [9.17, 15) is 4.79 Å². The average Bonchev–Trinajstić information content (AvgIpc) is 2.18. The molecule has 0 saturated carbocycles. The van der Waals surface area contributed by atoms with Crippen LogP contribution in [0.25, 0.3) is 0 Å². The zero-order valence-corrected chi connectivity index (χ0v) is 7.27. The molecule has 11 heavy (non-hydrogen) atoms. The Balaban J connectivity index is 3.01. The molecule has 1 aliphatic rings. The standard InChI is InChI=1S/C9H14O2/c1-6-4-5-9(3,7(6)2)8(10)11/h4-5H2,1-3H3,(H,10,11). The Hall–Kier alpha value is -0.790. The van der Waals surface area contributed by atoms with E-state index < -0.39 is 11.4 Å². The van der Waals surface area contributed by atoms with Crippen molar-refractivity contribution < 1.29 is 9.90 Å². The first-order valence-electron chi connectivity index (χ1n) is 3.88. The van der Waals surface area contributed by atoms with Crippen molar-refractivity contribution in [2.75, 3.05) is 0 Å². The van der Waals surface area contributed by atoms with Crippen LogP contribution in [0.15, 0.2) is 11.1 Å². The normalized spacial score (nSPS) is 31.2. The smallest absolute Gasteiger partial charge is 0.313 e. The van der Waals surface area contributed by atoms with E-state index in [-0.39, 0.29) is 0 Å². The van der Waals surface area contributed by atoms with Crippen LogP contribution in [0.4, 0.5) is 0 Å². The molecule has 1 rings (SSSR count). The van der Waals surface area contributed by atoms with E-state index in [1.165, 1.54) is 5.57 Å². The molecule has 0 aromatic heterocycles. The molecule has 1 N–H and O–H groups in total. The van der Waals surface area contributed by atoms with Gasteiger partial charge in [-0.25, -0.2) is 0 Å². The van der Waals surface area contributed by atoms with Crippen LogP contribution in [-0.2, 0) is 4.79 Å². The predicted molar refractivity (Wildman–Crippen MR) is 43.4 cm³/mol. The summed E-state index contributed by atoms with van der Waals surface area (Å²) >= 11 is 0. The van der Waals surface area contributed by atoms with E-state index in [1.54, 1.807) is 6.92 Å². The van der Waals surface area contributed by atoms with Crippen LogP contribution in [-0.4, -0.2) is 11.1 Å². The van der Waals surface area contributed by atoms with Gasteiger partial charge in [-0.3, -0.25) is 4.79 Å². The quantitative estimate of drug-likeness (QED) is 0.588. The maximum atomic E-state index is 10.8. The van der Waals surface area contributed by atoms with Crippen LogP contribution in [0.1, 0.15) is 33.6 Å². The van der Waals surface area contributed by atoms with Crippen LogP contribution in [0.3, 0.4) is 0 Å². The van der Waals surface area contributed by atoms with Gasteiger partial charge in [0.1, 0.15) is 0 Å².